The van der Waals surface area contributed by atoms with Crippen LogP contribution in [0.15, 0.2) is 41.4 Å². The first-order chi connectivity index (χ1) is 9.24. The van der Waals surface area contributed by atoms with Crippen LogP contribution in [0.2, 0.25) is 0 Å². The molecule has 3 nitrogen and oxygen atoms in total. The van der Waals surface area contributed by atoms with Crippen LogP contribution < -0.4 is 9.47 Å². The molecule has 2 rings (SSSR count). The first-order valence-corrected chi connectivity index (χ1v) is 7.63. The molecule has 0 aliphatic heterocycles. The van der Waals surface area contributed by atoms with Crippen molar-refractivity contribution in [3.63, 3.8) is 0 Å². The van der Waals surface area contributed by atoms with E-state index in [1.807, 2.05) is 33.8 Å². The summed E-state index contributed by atoms with van der Waals surface area (Å²) in [5.41, 5.74) is 4.19. The molecule has 0 saturated carbocycles. The topological polar surface area (TPSA) is 27.3 Å². The average Bonchev–Trinajstić information content (AvgIpc) is 2.94. The van der Waals surface area contributed by atoms with E-state index < -0.39 is 6.10 Å². The van der Waals surface area contributed by atoms with E-state index >= 15 is 0 Å². The zero-order valence-corrected chi connectivity index (χ0v) is 12.3. The highest BCUT2D eigenvalue weighted by molar-refractivity contribution is 7.07. The molecule has 2 aromatic rings. The van der Waals surface area contributed by atoms with Gasteiger partial charge in [0, 0.05) is 18.8 Å². The number of hydrogen-bond donors (Lipinski definition) is 1. The predicted octanol–water partition coefficient (Wildman–Crippen LogP) is 2.62. The molecular weight excluding hydrogens is 256 g/mol. The summed E-state index contributed by atoms with van der Waals surface area (Å²) in [6.45, 7) is 6.92. The second-order valence-corrected chi connectivity index (χ2v) is 5.26. The minimum absolute atomic E-state index is 0.453. The number of thiazole rings is 1. The molecule has 0 aliphatic carbocycles. The Morgan fingerprint density at radius 3 is 2.42 bits per heavy atom. The number of hydrogen-bond acceptors (Lipinski definition) is 3. The van der Waals surface area contributed by atoms with Crippen molar-refractivity contribution in [2.45, 2.75) is 26.5 Å². The summed E-state index contributed by atoms with van der Waals surface area (Å²) in [5, 5.41) is 12.2. The van der Waals surface area contributed by atoms with Crippen LogP contribution in [0, 0.1) is 0 Å². The van der Waals surface area contributed by atoms with Gasteiger partial charge >= 0.3 is 0 Å². The first kappa shape index (κ1) is 14.0. The summed E-state index contributed by atoms with van der Waals surface area (Å²) >= 11 is 1.63. The molecule has 0 amide bonds. The lowest BCUT2D eigenvalue weighted by atomic mass is 10.1. The van der Waals surface area contributed by atoms with Gasteiger partial charge in [-0.2, -0.15) is 4.57 Å². The van der Waals surface area contributed by atoms with Gasteiger partial charge < -0.3 is 10.0 Å². The normalized spacial score (nSPS) is 12.4. The largest absolute Gasteiger partial charge is 0.382 e. The van der Waals surface area contributed by atoms with Crippen LogP contribution in [0.1, 0.15) is 25.5 Å². The van der Waals surface area contributed by atoms with E-state index in [1.165, 1.54) is 5.69 Å². The average molecular weight is 277 g/mol. The molecule has 1 aromatic heterocycles. The van der Waals surface area contributed by atoms with Crippen molar-refractivity contribution in [3.05, 3.63) is 46.9 Å². The summed E-state index contributed by atoms with van der Waals surface area (Å²) in [4.78, 5) is 2.30. The number of nitrogens with zero attached hydrogens (tertiary/aromatic N) is 2. The van der Waals surface area contributed by atoms with E-state index in [2.05, 4.69) is 30.9 Å². The van der Waals surface area contributed by atoms with Crippen molar-refractivity contribution in [2.75, 3.05) is 18.0 Å². The van der Waals surface area contributed by atoms with Gasteiger partial charge in [-0.15, -0.1) is 0 Å². The Hall–Kier alpha value is -1.39. The Morgan fingerprint density at radius 1 is 1.21 bits per heavy atom. The molecule has 102 valence electrons. The number of benzene rings is 1. The maximum absolute atomic E-state index is 10.2. The van der Waals surface area contributed by atoms with Gasteiger partial charge in [-0.3, -0.25) is 0 Å². The monoisotopic (exact) mass is 277 g/mol. The number of aliphatic hydroxyl groups excluding tert-OH is 1. The Morgan fingerprint density at radius 2 is 1.89 bits per heavy atom. The number of rotatable bonds is 6. The highest BCUT2D eigenvalue weighted by Gasteiger charge is 2.14. The van der Waals surface area contributed by atoms with E-state index in [9.17, 15) is 5.11 Å². The van der Waals surface area contributed by atoms with Crippen molar-refractivity contribution in [3.8, 4) is 0 Å². The molecule has 0 bridgehead atoms. The van der Waals surface area contributed by atoms with Crippen molar-refractivity contribution in [1.29, 1.82) is 0 Å². The van der Waals surface area contributed by atoms with Gasteiger partial charge in [-0.05, 0) is 31.5 Å². The van der Waals surface area contributed by atoms with Gasteiger partial charge in [0.15, 0.2) is 12.7 Å². The predicted molar refractivity (Wildman–Crippen MR) is 79.5 cm³/mol. The van der Waals surface area contributed by atoms with Crippen LogP contribution in [0.4, 0.5) is 5.69 Å². The summed E-state index contributed by atoms with van der Waals surface area (Å²) < 4.78 is 2.01. The number of aliphatic hydroxyl groups is 1. The quantitative estimate of drug-likeness (QED) is 0.822. The zero-order valence-electron chi connectivity index (χ0n) is 11.5. The van der Waals surface area contributed by atoms with Crippen LogP contribution in [0.5, 0.6) is 0 Å². The molecular formula is C15H21N2OS+. The highest BCUT2D eigenvalue weighted by Crippen LogP contribution is 2.19. The van der Waals surface area contributed by atoms with Crippen molar-refractivity contribution in [1.82, 2.24) is 0 Å². The Kier molecular flexibility index (Phi) is 4.93. The second-order valence-electron chi connectivity index (χ2n) is 4.50. The Labute approximate surface area is 118 Å². The Balaban J connectivity index is 2.05. The standard InChI is InChI=1S/C15H21N2OS/c1-3-17(4-2)14-7-5-13(6-8-14)15(18)11-16-9-10-19-12-16/h5-10,12,15,18H,3-4,11H2,1-2H3/q+1. The SMILES string of the molecule is CCN(CC)c1ccc(C(O)C[n+]2ccsc2)cc1. The van der Waals surface area contributed by atoms with Gasteiger partial charge in [0.2, 0.25) is 5.51 Å². The van der Waals surface area contributed by atoms with Crippen LogP contribution >= 0.6 is 11.3 Å². The molecule has 0 saturated heterocycles. The molecule has 19 heavy (non-hydrogen) atoms. The van der Waals surface area contributed by atoms with E-state index in [0.717, 1.165) is 18.7 Å². The highest BCUT2D eigenvalue weighted by atomic mass is 32.1. The van der Waals surface area contributed by atoms with Gasteiger partial charge in [-0.1, -0.05) is 23.5 Å². The lowest BCUT2D eigenvalue weighted by Gasteiger charge is -2.21. The molecule has 1 N–H and O–H groups in total. The molecule has 1 aromatic carbocycles. The van der Waals surface area contributed by atoms with E-state index in [1.54, 1.807) is 11.3 Å². The fraction of sp³-hybridized carbons (Fsp3) is 0.400. The minimum atomic E-state index is -0.453. The Bertz CT molecular complexity index is 477. The fourth-order valence-electron chi connectivity index (χ4n) is 2.17. The van der Waals surface area contributed by atoms with Crippen molar-refractivity contribution in [2.24, 2.45) is 0 Å². The van der Waals surface area contributed by atoms with Crippen LogP contribution in [0.25, 0.3) is 0 Å². The fourth-order valence-corrected chi connectivity index (χ4v) is 2.78. The van der Waals surface area contributed by atoms with Crippen LogP contribution in [-0.4, -0.2) is 18.2 Å². The van der Waals surface area contributed by atoms with Gasteiger partial charge in [0.25, 0.3) is 0 Å². The molecule has 1 unspecified atom stereocenters. The molecule has 0 fully saturated rings. The maximum atomic E-state index is 10.2. The maximum Gasteiger partial charge on any atom is 0.224 e. The lowest BCUT2D eigenvalue weighted by Crippen LogP contribution is -2.33. The van der Waals surface area contributed by atoms with Crippen molar-refractivity contribution < 1.29 is 9.67 Å². The van der Waals surface area contributed by atoms with Gasteiger partial charge in [-0.25, -0.2) is 0 Å². The third-order valence-corrected chi connectivity index (χ3v) is 3.99. The molecule has 0 aliphatic rings. The van der Waals surface area contributed by atoms with E-state index in [4.69, 9.17) is 0 Å². The van der Waals surface area contributed by atoms with Crippen LogP contribution in [-0.2, 0) is 6.54 Å². The summed E-state index contributed by atoms with van der Waals surface area (Å²) in [6, 6.07) is 8.21. The molecule has 1 atom stereocenters. The van der Waals surface area contributed by atoms with Gasteiger partial charge in [0.05, 0.1) is 5.38 Å². The summed E-state index contributed by atoms with van der Waals surface area (Å²) in [6.07, 6.45) is 1.53. The third-order valence-electron chi connectivity index (χ3n) is 3.32. The molecule has 4 heteroatoms. The first-order valence-electron chi connectivity index (χ1n) is 6.68. The summed E-state index contributed by atoms with van der Waals surface area (Å²) in [5.74, 6) is 0. The third kappa shape index (κ3) is 3.55. The zero-order chi connectivity index (χ0) is 13.7. The second kappa shape index (κ2) is 6.68. The van der Waals surface area contributed by atoms with Crippen molar-refractivity contribution >= 4 is 17.0 Å². The lowest BCUT2D eigenvalue weighted by molar-refractivity contribution is -0.700. The number of aromatic nitrogens is 1. The van der Waals surface area contributed by atoms with E-state index in [-0.39, 0.29) is 0 Å². The number of anilines is 1. The van der Waals surface area contributed by atoms with E-state index in [0.29, 0.717) is 6.54 Å². The smallest absolute Gasteiger partial charge is 0.224 e. The van der Waals surface area contributed by atoms with Crippen LogP contribution in [0.3, 0.4) is 0 Å². The minimum Gasteiger partial charge on any atom is -0.382 e. The molecule has 0 radical (unpaired) electrons. The van der Waals surface area contributed by atoms with Gasteiger partial charge in [0.1, 0.15) is 6.10 Å². The summed E-state index contributed by atoms with van der Waals surface area (Å²) in [7, 11) is 0. The molecule has 0 spiro atoms. The molecule has 1 heterocycles.